The number of carbonyl (C=O) groups excluding carboxylic acids is 1. The van der Waals surface area contributed by atoms with Crippen molar-refractivity contribution >= 4 is 22.9 Å². The highest BCUT2D eigenvalue weighted by molar-refractivity contribution is 6.10. The number of fused-ring (bicyclic) bond motifs is 2. The van der Waals surface area contributed by atoms with Crippen LogP contribution in [0.5, 0.6) is 11.5 Å². The Morgan fingerprint density at radius 3 is 2.39 bits per heavy atom. The summed E-state index contributed by atoms with van der Waals surface area (Å²) in [6, 6.07) is 19.6. The molecule has 0 spiro atoms. The number of aliphatic imine (C=N–C) groups is 1. The SMILES string of the molecule is COc1ccc(C2CC(=O)C3C(=Nc4ccccc4NC3c3ccc(F)cc3)C2)cc1OC. The summed E-state index contributed by atoms with van der Waals surface area (Å²) in [4.78, 5) is 18.6. The van der Waals surface area contributed by atoms with Crippen molar-refractivity contribution in [3.8, 4) is 11.5 Å². The van der Waals surface area contributed by atoms with E-state index in [0.717, 1.165) is 28.2 Å². The Kier molecular flexibility index (Phi) is 5.58. The van der Waals surface area contributed by atoms with Crippen LogP contribution in [0.4, 0.5) is 15.8 Å². The third-order valence-electron chi connectivity index (χ3n) is 6.53. The van der Waals surface area contributed by atoms with E-state index in [1.165, 1.54) is 12.1 Å². The van der Waals surface area contributed by atoms with Crippen molar-refractivity contribution < 1.29 is 18.7 Å². The lowest BCUT2D eigenvalue weighted by Gasteiger charge is -2.34. The Morgan fingerprint density at radius 2 is 1.64 bits per heavy atom. The van der Waals surface area contributed by atoms with E-state index in [-0.39, 0.29) is 23.6 Å². The maximum atomic E-state index is 13.6. The van der Waals surface area contributed by atoms with Crippen molar-refractivity contribution in [2.45, 2.75) is 24.8 Å². The number of benzene rings is 3. The van der Waals surface area contributed by atoms with E-state index in [9.17, 15) is 9.18 Å². The lowest BCUT2D eigenvalue weighted by Crippen LogP contribution is -2.38. The van der Waals surface area contributed by atoms with Crippen molar-refractivity contribution in [3.05, 3.63) is 83.7 Å². The number of nitrogens with one attached hydrogen (secondary N) is 1. The van der Waals surface area contributed by atoms with Gasteiger partial charge in [-0.1, -0.05) is 30.3 Å². The first-order chi connectivity index (χ1) is 16.1. The minimum absolute atomic E-state index is 0.00793. The molecule has 1 saturated carbocycles. The molecule has 6 heteroatoms. The summed E-state index contributed by atoms with van der Waals surface area (Å²) in [6.45, 7) is 0. The second-order valence-electron chi connectivity index (χ2n) is 8.46. The summed E-state index contributed by atoms with van der Waals surface area (Å²) in [7, 11) is 3.21. The van der Waals surface area contributed by atoms with E-state index in [0.29, 0.717) is 24.3 Å². The van der Waals surface area contributed by atoms with Crippen LogP contribution in [0.2, 0.25) is 0 Å². The lowest BCUT2D eigenvalue weighted by atomic mass is 9.72. The topological polar surface area (TPSA) is 59.9 Å². The fourth-order valence-electron chi connectivity index (χ4n) is 4.89. The Balaban J connectivity index is 1.56. The van der Waals surface area contributed by atoms with E-state index in [4.69, 9.17) is 14.5 Å². The molecule has 2 aliphatic rings. The van der Waals surface area contributed by atoms with Crippen molar-refractivity contribution in [1.29, 1.82) is 0 Å². The van der Waals surface area contributed by atoms with E-state index in [2.05, 4.69) is 5.32 Å². The van der Waals surface area contributed by atoms with Gasteiger partial charge in [0.15, 0.2) is 11.5 Å². The van der Waals surface area contributed by atoms with E-state index in [1.807, 2.05) is 42.5 Å². The standard InChI is InChI=1S/C27H25FN2O3/c1-32-24-12-9-17(15-25(24)33-2)18-13-22-26(23(31)14-18)27(16-7-10-19(28)11-8-16)30-21-6-4-3-5-20(21)29-22/h3-12,15,18,26-27,30H,13-14H2,1-2H3. The summed E-state index contributed by atoms with van der Waals surface area (Å²) in [5.74, 6) is 0.691. The number of anilines is 1. The van der Waals surface area contributed by atoms with Gasteiger partial charge in [-0.2, -0.15) is 0 Å². The predicted octanol–water partition coefficient (Wildman–Crippen LogP) is 5.85. The van der Waals surface area contributed by atoms with Crippen molar-refractivity contribution in [3.63, 3.8) is 0 Å². The third kappa shape index (κ3) is 3.97. The lowest BCUT2D eigenvalue weighted by molar-refractivity contribution is -0.122. The third-order valence-corrected chi connectivity index (χ3v) is 6.53. The van der Waals surface area contributed by atoms with Gasteiger partial charge in [0.2, 0.25) is 0 Å². The molecule has 1 heterocycles. The number of hydrogen-bond donors (Lipinski definition) is 1. The highest BCUT2D eigenvalue weighted by Crippen LogP contribution is 2.44. The highest BCUT2D eigenvalue weighted by atomic mass is 19.1. The van der Waals surface area contributed by atoms with Crippen molar-refractivity contribution in [1.82, 2.24) is 0 Å². The van der Waals surface area contributed by atoms with Gasteiger partial charge in [0, 0.05) is 12.1 Å². The molecule has 0 bridgehead atoms. The summed E-state index contributed by atoms with van der Waals surface area (Å²) >= 11 is 0. The summed E-state index contributed by atoms with van der Waals surface area (Å²) in [5, 5.41) is 3.52. The summed E-state index contributed by atoms with van der Waals surface area (Å²) in [5.41, 5.74) is 4.40. The van der Waals surface area contributed by atoms with Crippen molar-refractivity contribution in [2.75, 3.05) is 19.5 Å². The fraction of sp³-hybridized carbons (Fsp3) is 0.259. The minimum Gasteiger partial charge on any atom is -0.493 e. The molecule has 3 atom stereocenters. The predicted molar refractivity (Wildman–Crippen MR) is 126 cm³/mol. The van der Waals surface area contributed by atoms with E-state index < -0.39 is 5.92 Å². The van der Waals surface area contributed by atoms with Crippen LogP contribution in [0.15, 0.2) is 71.7 Å². The number of ketones is 1. The van der Waals surface area contributed by atoms with Gasteiger partial charge in [0.05, 0.1) is 37.6 Å². The van der Waals surface area contributed by atoms with E-state index in [1.54, 1.807) is 26.4 Å². The quantitative estimate of drug-likeness (QED) is 0.549. The number of halogens is 1. The van der Waals surface area contributed by atoms with Crippen LogP contribution in [0, 0.1) is 11.7 Å². The minimum atomic E-state index is -0.417. The first-order valence-electron chi connectivity index (χ1n) is 11.0. The van der Waals surface area contributed by atoms with Gasteiger partial charge in [-0.3, -0.25) is 9.79 Å². The molecule has 0 saturated heterocycles. The zero-order chi connectivity index (χ0) is 22.9. The highest BCUT2D eigenvalue weighted by Gasteiger charge is 2.41. The molecular formula is C27H25FN2O3. The molecule has 0 amide bonds. The molecule has 1 aliphatic carbocycles. The largest absolute Gasteiger partial charge is 0.493 e. The number of methoxy groups -OCH3 is 2. The molecule has 1 aliphatic heterocycles. The van der Waals surface area contributed by atoms with E-state index >= 15 is 0 Å². The molecule has 5 rings (SSSR count). The van der Waals surface area contributed by atoms with Gasteiger partial charge in [0.25, 0.3) is 0 Å². The molecule has 33 heavy (non-hydrogen) atoms. The monoisotopic (exact) mass is 444 g/mol. The molecule has 3 aromatic rings. The molecule has 5 nitrogen and oxygen atoms in total. The molecule has 168 valence electrons. The van der Waals surface area contributed by atoms with Gasteiger partial charge in [-0.25, -0.2) is 4.39 Å². The van der Waals surface area contributed by atoms with Crippen LogP contribution in [0.1, 0.15) is 35.9 Å². The van der Waals surface area contributed by atoms with Gasteiger partial charge in [0.1, 0.15) is 11.6 Å². The first-order valence-corrected chi connectivity index (χ1v) is 11.0. The van der Waals surface area contributed by atoms with Crippen LogP contribution in [0.3, 0.4) is 0 Å². The summed E-state index contributed by atoms with van der Waals surface area (Å²) in [6.07, 6.45) is 1.05. The number of hydrogen-bond acceptors (Lipinski definition) is 5. The Hall–Kier alpha value is -3.67. The fourth-order valence-corrected chi connectivity index (χ4v) is 4.89. The van der Waals surface area contributed by atoms with Crippen molar-refractivity contribution in [2.24, 2.45) is 10.9 Å². The van der Waals surface area contributed by atoms with Crippen LogP contribution < -0.4 is 14.8 Å². The van der Waals surface area contributed by atoms with Crippen LogP contribution in [-0.2, 0) is 4.79 Å². The van der Waals surface area contributed by atoms with Crippen LogP contribution in [-0.4, -0.2) is 25.7 Å². The van der Waals surface area contributed by atoms with Gasteiger partial charge in [-0.15, -0.1) is 0 Å². The maximum Gasteiger partial charge on any atom is 0.160 e. The summed E-state index contributed by atoms with van der Waals surface area (Å²) < 4.78 is 24.4. The molecule has 0 aromatic heterocycles. The van der Waals surface area contributed by atoms with Crippen LogP contribution >= 0.6 is 0 Å². The second kappa shape index (κ2) is 8.70. The number of ether oxygens (including phenoxy) is 2. The normalized spacial score (nSPS) is 21.7. The molecular weight excluding hydrogens is 419 g/mol. The number of para-hydroxylation sites is 2. The zero-order valence-corrected chi connectivity index (χ0v) is 18.5. The van der Waals surface area contributed by atoms with Gasteiger partial charge in [-0.05, 0) is 59.9 Å². The van der Waals surface area contributed by atoms with Crippen LogP contribution in [0.25, 0.3) is 0 Å². The second-order valence-corrected chi connectivity index (χ2v) is 8.46. The number of rotatable bonds is 4. The molecule has 1 N–H and O–H groups in total. The average Bonchev–Trinajstić information content (AvgIpc) is 3.01. The first kappa shape index (κ1) is 21.2. The molecule has 3 unspecified atom stereocenters. The van der Waals surface area contributed by atoms with Gasteiger partial charge >= 0.3 is 0 Å². The number of nitrogens with zero attached hydrogens (tertiary/aromatic N) is 1. The Morgan fingerprint density at radius 1 is 0.909 bits per heavy atom. The molecule has 1 fully saturated rings. The smallest absolute Gasteiger partial charge is 0.160 e. The average molecular weight is 445 g/mol. The molecule has 0 radical (unpaired) electrons. The Bertz CT molecular complexity index is 1220. The number of Topliss-reactive ketones (excluding diaryl/α,β-unsaturated/α-hetero) is 1. The number of carbonyl (C=O) groups is 1. The Labute approximate surface area is 192 Å². The maximum absolute atomic E-state index is 13.6. The molecule has 3 aromatic carbocycles. The van der Waals surface area contributed by atoms with Gasteiger partial charge < -0.3 is 14.8 Å². The zero-order valence-electron chi connectivity index (χ0n) is 18.5.